The lowest BCUT2D eigenvalue weighted by Gasteiger charge is -2.00. The Kier molecular flexibility index (Phi) is 5.27. The number of rotatable bonds is 4. The summed E-state index contributed by atoms with van der Waals surface area (Å²) in [6.45, 7) is 4.37. The zero-order chi connectivity index (χ0) is 7.11. The quantitative estimate of drug-likeness (QED) is 0.420. The monoisotopic (exact) mass is 129 g/mol. The lowest BCUT2D eigenvalue weighted by molar-refractivity contribution is 0.214. The van der Waals surface area contributed by atoms with Crippen molar-refractivity contribution in [2.24, 2.45) is 11.1 Å². The van der Waals surface area contributed by atoms with Crippen LogP contribution in [0.25, 0.3) is 0 Å². The van der Waals surface area contributed by atoms with Crippen molar-refractivity contribution in [3.05, 3.63) is 0 Å². The predicted octanol–water partition coefficient (Wildman–Crippen LogP) is 2.05. The van der Waals surface area contributed by atoms with Crippen molar-refractivity contribution in [1.82, 2.24) is 0 Å². The largest absolute Gasteiger partial charge is 0.399 e. The fraction of sp³-hybridized carbons (Fsp3) is 0.857. The van der Waals surface area contributed by atoms with Gasteiger partial charge < -0.3 is 4.84 Å². The molecule has 0 amide bonds. The molecule has 0 bridgehead atoms. The first-order valence-electron chi connectivity index (χ1n) is 3.36. The van der Waals surface area contributed by atoms with E-state index >= 15 is 0 Å². The van der Waals surface area contributed by atoms with Crippen molar-refractivity contribution in [3.63, 3.8) is 0 Å². The molecule has 0 aliphatic carbocycles. The van der Waals surface area contributed by atoms with Gasteiger partial charge in [0.05, 0.1) is 0 Å². The van der Waals surface area contributed by atoms with Crippen molar-refractivity contribution in [3.8, 4) is 0 Å². The molecule has 0 aliphatic rings. The van der Waals surface area contributed by atoms with Crippen LogP contribution in [0, 0.1) is 5.92 Å². The topological polar surface area (TPSA) is 21.6 Å². The summed E-state index contributed by atoms with van der Waals surface area (Å²) in [5, 5.41) is 3.63. The van der Waals surface area contributed by atoms with Crippen LogP contribution in [-0.2, 0) is 4.84 Å². The van der Waals surface area contributed by atoms with E-state index in [0.29, 0.717) is 0 Å². The molecular formula is C7H15NO. The third kappa shape index (κ3) is 5.34. The van der Waals surface area contributed by atoms with Crippen molar-refractivity contribution < 1.29 is 4.84 Å². The summed E-state index contributed by atoms with van der Waals surface area (Å²) in [4.78, 5) is 4.51. The van der Waals surface area contributed by atoms with Crippen LogP contribution in [-0.4, -0.2) is 13.3 Å². The summed E-state index contributed by atoms with van der Waals surface area (Å²) < 4.78 is 0. The van der Waals surface area contributed by atoms with E-state index in [-0.39, 0.29) is 0 Å². The molecule has 0 rings (SSSR count). The summed E-state index contributed by atoms with van der Waals surface area (Å²) in [5.41, 5.74) is 0. The minimum Gasteiger partial charge on any atom is -0.399 e. The molecule has 0 fully saturated rings. The van der Waals surface area contributed by atoms with E-state index in [1.165, 1.54) is 6.42 Å². The van der Waals surface area contributed by atoms with Gasteiger partial charge in [-0.2, -0.15) is 0 Å². The minimum atomic E-state index is 0.726. The first-order chi connectivity index (χ1) is 4.31. The summed E-state index contributed by atoms with van der Waals surface area (Å²) in [6.07, 6.45) is 4.04. The standard InChI is InChI=1S/C7H15NO/c1-4-7(2)5-6-8-9-3/h6-7H,4-5H2,1-3H3/b8-6+. The van der Waals surface area contributed by atoms with Crippen molar-refractivity contribution >= 4 is 6.21 Å². The Hall–Kier alpha value is -0.530. The highest BCUT2D eigenvalue weighted by Gasteiger charge is 1.93. The van der Waals surface area contributed by atoms with Gasteiger partial charge in [0, 0.05) is 6.21 Å². The molecule has 2 heteroatoms. The van der Waals surface area contributed by atoms with Gasteiger partial charge in [-0.05, 0) is 12.3 Å². The first-order valence-corrected chi connectivity index (χ1v) is 3.36. The normalized spacial score (nSPS) is 14.1. The molecule has 9 heavy (non-hydrogen) atoms. The zero-order valence-corrected chi connectivity index (χ0v) is 6.42. The van der Waals surface area contributed by atoms with Gasteiger partial charge in [0.25, 0.3) is 0 Å². The van der Waals surface area contributed by atoms with Gasteiger partial charge in [-0.25, -0.2) is 0 Å². The van der Waals surface area contributed by atoms with Gasteiger partial charge in [-0.15, -0.1) is 0 Å². The van der Waals surface area contributed by atoms with Crippen molar-refractivity contribution in [1.29, 1.82) is 0 Å². The molecule has 0 radical (unpaired) electrons. The molecule has 0 heterocycles. The number of hydrogen-bond acceptors (Lipinski definition) is 2. The van der Waals surface area contributed by atoms with E-state index in [1.807, 2.05) is 6.21 Å². The predicted molar refractivity (Wildman–Crippen MR) is 39.6 cm³/mol. The molecule has 2 nitrogen and oxygen atoms in total. The number of hydrogen-bond donors (Lipinski definition) is 0. The summed E-state index contributed by atoms with van der Waals surface area (Å²) in [5.74, 6) is 0.726. The van der Waals surface area contributed by atoms with Gasteiger partial charge in [0.1, 0.15) is 7.11 Å². The van der Waals surface area contributed by atoms with E-state index in [1.54, 1.807) is 7.11 Å². The van der Waals surface area contributed by atoms with E-state index in [2.05, 4.69) is 23.8 Å². The van der Waals surface area contributed by atoms with E-state index in [4.69, 9.17) is 0 Å². The second-order valence-corrected chi connectivity index (χ2v) is 2.22. The minimum absolute atomic E-state index is 0.726. The molecule has 0 aromatic rings. The Balaban J connectivity index is 3.15. The number of oxime groups is 1. The van der Waals surface area contributed by atoms with Crippen molar-refractivity contribution in [2.45, 2.75) is 26.7 Å². The summed E-state index contributed by atoms with van der Waals surface area (Å²) in [6, 6.07) is 0. The van der Waals surface area contributed by atoms with Crippen LogP contribution in [0.5, 0.6) is 0 Å². The molecule has 0 saturated heterocycles. The van der Waals surface area contributed by atoms with Crippen LogP contribution in [0.3, 0.4) is 0 Å². The van der Waals surface area contributed by atoms with E-state index in [9.17, 15) is 0 Å². The SMILES string of the molecule is CCC(C)C/C=N/OC. The lowest BCUT2D eigenvalue weighted by Crippen LogP contribution is -1.91. The molecular weight excluding hydrogens is 114 g/mol. The highest BCUT2D eigenvalue weighted by Crippen LogP contribution is 2.02. The third-order valence-corrected chi connectivity index (χ3v) is 1.38. The molecule has 1 unspecified atom stereocenters. The smallest absolute Gasteiger partial charge is 0.106 e. The van der Waals surface area contributed by atoms with Crippen LogP contribution < -0.4 is 0 Å². The zero-order valence-electron chi connectivity index (χ0n) is 6.42. The fourth-order valence-corrected chi connectivity index (χ4v) is 0.464. The molecule has 0 aliphatic heterocycles. The Bertz CT molecular complexity index is 81.0. The van der Waals surface area contributed by atoms with Crippen LogP contribution in [0.15, 0.2) is 5.16 Å². The Labute approximate surface area is 56.9 Å². The molecule has 0 spiro atoms. The van der Waals surface area contributed by atoms with Gasteiger partial charge in [-0.1, -0.05) is 25.4 Å². The van der Waals surface area contributed by atoms with Crippen molar-refractivity contribution in [2.75, 3.05) is 7.11 Å². The maximum absolute atomic E-state index is 4.51. The Morgan fingerprint density at radius 1 is 1.67 bits per heavy atom. The van der Waals surface area contributed by atoms with E-state index < -0.39 is 0 Å². The molecule has 0 aromatic carbocycles. The molecule has 54 valence electrons. The molecule has 0 aromatic heterocycles. The molecule has 0 N–H and O–H groups in total. The fourth-order valence-electron chi connectivity index (χ4n) is 0.464. The lowest BCUT2D eigenvalue weighted by atomic mass is 10.1. The average molecular weight is 129 g/mol. The van der Waals surface area contributed by atoms with Crippen LogP contribution in [0.1, 0.15) is 26.7 Å². The Morgan fingerprint density at radius 3 is 2.78 bits per heavy atom. The van der Waals surface area contributed by atoms with Crippen LogP contribution >= 0.6 is 0 Å². The maximum atomic E-state index is 4.51. The Morgan fingerprint density at radius 2 is 2.33 bits per heavy atom. The summed E-state index contributed by atoms with van der Waals surface area (Å²) in [7, 11) is 1.56. The second kappa shape index (κ2) is 5.60. The van der Waals surface area contributed by atoms with Gasteiger partial charge in [0.15, 0.2) is 0 Å². The molecule has 1 atom stereocenters. The second-order valence-electron chi connectivity index (χ2n) is 2.22. The summed E-state index contributed by atoms with van der Waals surface area (Å²) >= 11 is 0. The maximum Gasteiger partial charge on any atom is 0.106 e. The number of nitrogens with zero attached hydrogens (tertiary/aromatic N) is 1. The van der Waals surface area contributed by atoms with Crippen LogP contribution in [0.2, 0.25) is 0 Å². The van der Waals surface area contributed by atoms with E-state index in [0.717, 1.165) is 12.3 Å². The van der Waals surface area contributed by atoms with Gasteiger partial charge >= 0.3 is 0 Å². The highest BCUT2D eigenvalue weighted by atomic mass is 16.6. The van der Waals surface area contributed by atoms with Gasteiger partial charge in [-0.3, -0.25) is 0 Å². The third-order valence-electron chi connectivity index (χ3n) is 1.38. The highest BCUT2D eigenvalue weighted by molar-refractivity contribution is 5.56. The van der Waals surface area contributed by atoms with Gasteiger partial charge in [0.2, 0.25) is 0 Å². The van der Waals surface area contributed by atoms with Crippen LogP contribution in [0.4, 0.5) is 0 Å². The average Bonchev–Trinajstić information content (AvgIpc) is 1.89. The molecule has 0 saturated carbocycles. The first kappa shape index (κ1) is 8.47.